The van der Waals surface area contributed by atoms with Crippen molar-refractivity contribution < 1.29 is 22.3 Å². The Labute approximate surface area is 267 Å². The monoisotopic (exact) mass is 660 g/mol. The quantitative estimate of drug-likeness (QED) is 0.332. The summed E-state index contributed by atoms with van der Waals surface area (Å²) in [6.07, 6.45) is 2.58. The van der Waals surface area contributed by atoms with Gasteiger partial charge in [-0.2, -0.15) is 4.31 Å². The SMILES string of the molecule is COc1ccc(S(=O)(=O)N2CCN(CCc3ccc(Cl)cc3)CC2)cc1N1C2CCC1CN(C(=O)c1ccc(F)cc1Cl)C2. The maximum atomic E-state index is 13.8. The van der Waals surface area contributed by atoms with Gasteiger partial charge in [-0.1, -0.05) is 35.3 Å². The van der Waals surface area contributed by atoms with Gasteiger partial charge in [0, 0.05) is 62.9 Å². The number of hydrogen-bond acceptors (Lipinski definition) is 6. The van der Waals surface area contributed by atoms with Gasteiger partial charge in [0.25, 0.3) is 5.91 Å². The molecule has 44 heavy (non-hydrogen) atoms. The van der Waals surface area contributed by atoms with E-state index < -0.39 is 15.8 Å². The molecule has 0 N–H and O–H groups in total. The third-order valence-electron chi connectivity index (χ3n) is 8.96. The van der Waals surface area contributed by atoms with Crippen molar-refractivity contribution in [2.24, 2.45) is 0 Å². The molecule has 0 saturated carbocycles. The van der Waals surface area contributed by atoms with Crippen molar-refractivity contribution in [1.82, 2.24) is 14.1 Å². The smallest absolute Gasteiger partial charge is 0.255 e. The summed E-state index contributed by atoms with van der Waals surface area (Å²) in [5.74, 6) is -0.134. The number of hydrogen-bond donors (Lipinski definition) is 0. The van der Waals surface area contributed by atoms with Crippen LogP contribution in [0.3, 0.4) is 0 Å². The molecule has 2 bridgehead atoms. The van der Waals surface area contributed by atoms with Crippen LogP contribution in [-0.4, -0.2) is 93.4 Å². The molecule has 12 heteroatoms. The van der Waals surface area contributed by atoms with E-state index in [-0.39, 0.29) is 33.5 Å². The van der Waals surface area contributed by atoms with Crippen LogP contribution in [0.1, 0.15) is 28.8 Å². The number of rotatable bonds is 8. The minimum Gasteiger partial charge on any atom is -0.495 e. The maximum absolute atomic E-state index is 13.8. The maximum Gasteiger partial charge on any atom is 0.255 e. The number of amides is 1. The van der Waals surface area contributed by atoms with Gasteiger partial charge >= 0.3 is 0 Å². The van der Waals surface area contributed by atoms with Gasteiger partial charge in [-0.3, -0.25) is 4.79 Å². The molecule has 3 aliphatic rings. The van der Waals surface area contributed by atoms with Crippen LogP contribution in [0.5, 0.6) is 5.75 Å². The first-order valence-electron chi connectivity index (χ1n) is 14.8. The van der Waals surface area contributed by atoms with Crippen molar-refractivity contribution in [2.45, 2.75) is 36.2 Å². The molecule has 0 radical (unpaired) electrons. The molecule has 3 saturated heterocycles. The van der Waals surface area contributed by atoms with E-state index >= 15 is 0 Å². The molecule has 3 heterocycles. The van der Waals surface area contributed by atoms with E-state index in [2.05, 4.69) is 9.80 Å². The lowest BCUT2D eigenvalue weighted by Crippen LogP contribution is -2.55. The van der Waals surface area contributed by atoms with E-state index in [0.29, 0.717) is 50.0 Å². The third-order valence-corrected chi connectivity index (χ3v) is 11.4. The number of carbonyl (C=O) groups is 1. The topological polar surface area (TPSA) is 73.4 Å². The molecule has 6 rings (SSSR count). The first kappa shape index (κ1) is 31.1. The molecule has 3 aromatic rings. The molecule has 3 aliphatic heterocycles. The molecule has 0 aliphatic carbocycles. The number of nitrogens with zero attached hydrogens (tertiary/aromatic N) is 4. The van der Waals surface area contributed by atoms with Crippen molar-refractivity contribution in [2.75, 3.05) is 57.8 Å². The summed E-state index contributed by atoms with van der Waals surface area (Å²) in [6.45, 7) is 3.90. The number of anilines is 1. The van der Waals surface area contributed by atoms with Gasteiger partial charge in [-0.15, -0.1) is 0 Å². The Morgan fingerprint density at radius 2 is 1.61 bits per heavy atom. The number of methoxy groups -OCH3 is 1. The Kier molecular flexibility index (Phi) is 9.08. The van der Waals surface area contributed by atoms with Crippen LogP contribution in [0.15, 0.2) is 65.6 Å². The summed E-state index contributed by atoms with van der Waals surface area (Å²) in [5, 5.41) is 0.804. The highest BCUT2D eigenvalue weighted by Crippen LogP contribution is 2.41. The van der Waals surface area contributed by atoms with Gasteiger partial charge in [0.15, 0.2) is 0 Å². The Morgan fingerprint density at radius 3 is 2.25 bits per heavy atom. The van der Waals surface area contributed by atoms with Gasteiger partial charge < -0.3 is 19.4 Å². The normalized spacial score (nSPS) is 21.1. The molecule has 3 fully saturated rings. The second-order valence-corrected chi connectivity index (χ2v) is 14.4. The molecule has 234 valence electrons. The Hall–Kier alpha value is -2.89. The molecule has 0 spiro atoms. The minimum atomic E-state index is -3.73. The standard InChI is InChI=1S/C32H35Cl2FN4O4S/c1-43-31-11-9-27(44(41,42)38-16-14-36(15-17-38)13-12-22-2-4-23(33)5-3-22)19-30(31)39-25-7-8-26(39)21-37(20-25)32(40)28-10-6-24(35)18-29(28)34/h2-6,9-11,18-19,25-26H,7-8,12-17,20-21H2,1H3. The highest BCUT2D eigenvalue weighted by molar-refractivity contribution is 7.89. The average Bonchev–Trinajstić information content (AvgIpc) is 3.28. The minimum absolute atomic E-state index is 0.0204. The van der Waals surface area contributed by atoms with Crippen LogP contribution in [0.4, 0.5) is 10.1 Å². The molecular weight excluding hydrogens is 626 g/mol. The highest BCUT2D eigenvalue weighted by Gasteiger charge is 2.43. The van der Waals surface area contributed by atoms with Crippen LogP contribution in [-0.2, 0) is 16.4 Å². The number of fused-ring (bicyclic) bond motifs is 2. The Bertz CT molecular complexity index is 1620. The predicted molar refractivity (Wildman–Crippen MR) is 170 cm³/mol. The van der Waals surface area contributed by atoms with Crippen molar-refractivity contribution in [3.8, 4) is 5.75 Å². The molecular formula is C32H35Cl2FN4O4S. The summed E-state index contributed by atoms with van der Waals surface area (Å²) in [7, 11) is -2.15. The number of ether oxygens (including phenoxy) is 1. The number of sulfonamides is 1. The molecule has 8 nitrogen and oxygen atoms in total. The van der Waals surface area contributed by atoms with Gasteiger partial charge in [0.2, 0.25) is 10.0 Å². The molecule has 1 amide bonds. The zero-order valence-corrected chi connectivity index (χ0v) is 26.8. The molecule has 0 aromatic heterocycles. The van der Waals surface area contributed by atoms with Gasteiger partial charge in [-0.05, 0) is 73.4 Å². The summed E-state index contributed by atoms with van der Waals surface area (Å²) in [4.78, 5) is 19.8. The van der Waals surface area contributed by atoms with Gasteiger partial charge in [0.05, 0.1) is 28.3 Å². The second kappa shape index (κ2) is 12.8. The van der Waals surface area contributed by atoms with E-state index in [0.717, 1.165) is 37.6 Å². The van der Waals surface area contributed by atoms with Crippen LogP contribution in [0.25, 0.3) is 0 Å². The lowest BCUT2D eigenvalue weighted by Gasteiger charge is -2.43. The van der Waals surface area contributed by atoms with Crippen molar-refractivity contribution in [1.29, 1.82) is 0 Å². The Balaban J connectivity index is 1.14. The Morgan fingerprint density at radius 1 is 0.932 bits per heavy atom. The van der Waals surface area contributed by atoms with E-state index in [1.807, 2.05) is 24.3 Å². The summed E-state index contributed by atoms with van der Waals surface area (Å²) in [6, 6.07) is 16.7. The third kappa shape index (κ3) is 6.28. The fraction of sp³-hybridized carbons (Fsp3) is 0.406. The zero-order valence-electron chi connectivity index (χ0n) is 24.5. The molecule has 2 unspecified atom stereocenters. The van der Waals surface area contributed by atoms with E-state index in [1.165, 1.54) is 17.7 Å². The van der Waals surface area contributed by atoms with Crippen LogP contribution < -0.4 is 9.64 Å². The largest absolute Gasteiger partial charge is 0.495 e. The van der Waals surface area contributed by atoms with E-state index in [4.69, 9.17) is 27.9 Å². The predicted octanol–water partition coefficient (Wildman–Crippen LogP) is 5.18. The zero-order chi connectivity index (χ0) is 31.0. The fourth-order valence-corrected chi connectivity index (χ4v) is 8.43. The van der Waals surface area contributed by atoms with Gasteiger partial charge in [-0.25, -0.2) is 12.8 Å². The number of carbonyl (C=O) groups excluding carboxylic acids is 1. The number of likely N-dealkylation sites (tertiary alicyclic amines) is 1. The fourth-order valence-electron chi connectivity index (χ4n) is 6.61. The van der Waals surface area contributed by atoms with Crippen molar-refractivity contribution in [3.63, 3.8) is 0 Å². The van der Waals surface area contributed by atoms with Crippen LogP contribution >= 0.6 is 23.2 Å². The lowest BCUT2D eigenvalue weighted by molar-refractivity contribution is 0.0718. The lowest BCUT2D eigenvalue weighted by atomic mass is 10.1. The summed E-state index contributed by atoms with van der Waals surface area (Å²) in [5.41, 5.74) is 2.19. The van der Waals surface area contributed by atoms with Crippen molar-refractivity contribution in [3.05, 3.63) is 87.7 Å². The molecule has 2 atom stereocenters. The van der Waals surface area contributed by atoms with E-state index in [1.54, 1.807) is 34.5 Å². The van der Waals surface area contributed by atoms with Crippen LogP contribution in [0, 0.1) is 5.82 Å². The van der Waals surface area contributed by atoms with Gasteiger partial charge in [0.1, 0.15) is 11.6 Å². The number of halogens is 3. The second-order valence-electron chi connectivity index (χ2n) is 11.6. The first-order chi connectivity index (χ1) is 21.1. The summed E-state index contributed by atoms with van der Waals surface area (Å²) < 4.78 is 48.5. The highest BCUT2D eigenvalue weighted by atomic mass is 35.5. The number of benzene rings is 3. The van der Waals surface area contributed by atoms with Crippen molar-refractivity contribution >= 4 is 44.8 Å². The average molecular weight is 662 g/mol. The first-order valence-corrected chi connectivity index (χ1v) is 17.0. The van der Waals surface area contributed by atoms with Crippen LogP contribution in [0.2, 0.25) is 10.0 Å². The van der Waals surface area contributed by atoms with E-state index in [9.17, 15) is 17.6 Å². The number of piperazine rings is 2. The molecule has 3 aromatic carbocycles. The summed E-state index contributed by atoms with van der Waals surface area (Å²) >= 11 is 12.2.